The van der Waals surface area contributed by atoms with Gasteiger partial charge in [0.15, 0.2) is 0 Å². The smallest absolute Gasteiger partial charge is 0.143 e. The van der Waals surface area contributed by atoms with Crippen molar-refractivity contribution >= 4 is 34.8 Å². The van der Waals surface area contributed by atoms with Crippen LogP contribution in [0.4, 0.5) is 0 Å². The largest absolute Gasteiger partial charge is 0.508 e. The Kier molecular flexibility index (Phi) is 3.12. The topological polar surface area (TPSA) is 53.6 Å². The maximum atomic E-state index is 9.83. The van der Waals surface area contributed by atoms with Gasteiger partial charge in [0.05, 0.1) is 9.90 Å². The van der Waals surface area contributed by atoms with Crippen LogP contribution in [0.2, 0.25) is 5.02 Å². The molecule has 3 aromatic rings. The van der Waals surface area contributed by atoms with Gasteiger partial charge >= 0.3 is 0 Å². The first kappa shape index (κ1) is 13.0. The second-order valence-corrected chi connectivity index (χ2v) is 5.20. The van der Waals surface area contributed by atoms with Crippen molar-refractivity contribution in [1.29, 1.82) is 0 Å². The number of aromatic hydroxyl groups is 2. The molecule has 3 nitrogen and oxygen atoms in total. The zero-order valence-corrected chi connectivity index (χ0v) is 11.7. The Balaban J connectivity index is 2.29. The summed E-state index contributed by atoms with van der Waals surface area (Å²) in [7, 11) is 0. The van der Waals surface area contributed by atoms with Crippen LogP contribution in [-0.4, -0.2) is 10.2 Å². The van der Waals surface area contributed by atoms with Crippen molar-refractivity contribution in [1.82, 2.24) is 0 Å². The fourth-order valence-electron chi connectivity index (χ4n) is 2.01. The molecule has 0 radical (unpaired) electrons. The van der Waals surface area contributed by atoms with Gasteiger partial charge in [-0.2, -0.15) is 0 Å². The molecule has 0 fully saturated rings. The van der Waals surface area contributed by atoms with E-state index in [0.717, 1.165) is 5.56 Å². The molecule has 0 bridgehead atoms. The fourth-order valence-corrected chi connectivity index (χ4v) is 2.45. The molecule has 2 aromatic carbocycles. The van der Waals surface area contributed by atoms with Crippen LogP contribution in [-0.2, 0) is 0 Å². The first-order valence-electron chi connectivity index (χ1n) is 5.80. The van der Waals surface area contributed by atoms with Gasteiger partial charge in [-0.05, 0) is 24.3 Å². The molecule has 2 N–H and O–H groups in total. The monoisotopic (exact) mass is 304 g/mol. The Morgan fingerprint density at radius 3 is 2.40 bits per heavy atom. The third-order valence-electron chi connectivity index (χ3n) is 2.92. The molecule has 5 heteroatoms. The number of phenols is 2. The van der Waals surface area contributed by atoms with Gasteiger partial charge in [0.25, 0.3) is 0 Å². The van der Waals surface area contributed by atoms with Crippen molar-refractivity contribution in [3.05, 3.63) is 52.0 Å². The highest BCUT2D eigenvalue weighted by Gasteiger charge is 2.10. The maximum Gasteiger partial charge on any atom is 0.143 e. The Bertz CT molecular complexity index is 853. The second kappa shape index (κ2) is 4.81. The van der Waals surface area contributed by atoms with Crippen molar-refractivity contribution in [2.24, 2.45) is 0 Å². The summed E-state index contributed by atoms with van der Waals surface area (Å²) in [4.78, 5) is 0. The first-order valence-corrected chi connectivity index (χ1v) is 6.59. The first-order chi connectivity index (χ1) is 9.54. The minimum absolute atomic E-state index is 0.0820. The Morgan fingerprint density at radius 1 is 1.00 bits per heavy atom. The van der Waals surface area contributed by atoms with Gasteiger partial charge < -0.3 is 14.6 Å². The molecule has 3 rings (SSSR count). The van der Waals surface area contributed by atoms with E-state index in [1.54, 1.807) is 18.2 Å². The van der Waals surface area contributed by atoms with E-state index < -0.39 is 0 Å². The minimum atomic E-state index is -0.101. The summed E-state index contributed by atoms with van der Waals surface area (Å²) >= 11 is 11.1. The molecule has 0 amide bonds. The molecule has 0 aliphatic rings. The Morgan fingerprint density at radius 2 is 1.70 bits per heavy atom. The predicted molar refractivity (Wildman–Crippen MR) is 80.8 cm³/mol. The molecular weight excluding hydrogens is 296 g/mol. The van der Waals surface area contributed by atoms with Crippen molar-refractivity contribution in [2.45, 2.75) is 0 Å². The van der Waals surface area contributed by atoms with Crippen molar-refractivity contribution in [3.63, 3.8) is 0 Å². The van der Waals surface area contributed by atoms with E-state index in [4.69, 9.17) is 28.2 Å². The Hall–Kier alpha value is -2.04. The lowest BCUT2D eigenvalue weighted by Crippen LogP contribution is -1.82. The van der Waals surface area contributed by atoms with Crippen molar-refractivity contribution in [3.8, 4) is 22.8 Å². The van der Waals surface area contributed by atoms with Crippen LogP contribution >= 0.6 is 23.8 Å². The molecule has 1 heterocycles. The zero-order valence-electron chi connectivity index (χ0n) is 10.1. The summed E-state index contributed by atoms with van der Waals surface area (Å²) < 4.78 is 6.15. The third-order valence-corrected chi connectivity index (χ3v) is 3.50. The minimum Gasteiger partial charge on any atom is -0.508 e. The number of halogens is 1. The molecule has 1 aromatic heterocycles. The molecule has 0 saturated carbocycles. The van der Waals surface area contributed by atoms with Crippen LogP contribution in [0, 0.1) is 4.51 Å². The van der Waals surface area contributed by atoms with Gasteiger partial charge in [-0.25, -0.2) is 0 Å². The summed E-state index contributed by atoms with van der Waals surface area (Å²) in [6, 6.07) is 11.4. The van der Waals surface area contributed by atoms with Gasteiger partial charge in [0, 0.05) is 28.8 Å². The van der Waals surface area contributed by atoms with Gasteiger partial charge in [-0.3, -0.25) is 0 Å². The molecule has 0 aliphatic heterocycles. The predicted octanol–water partition coefficient (Wildman–Crippen LogP) is 4.89. The number of benzene rings is 2. The molecule has 100 valence electrons. The molecule has 0 unspecified atom stereocenters. The Labute approximate surface area is 124 Å². The average Bonchev–Trinajstić information content (AvgIpc) is 2.38. The van der Waals surface area contributed by atoms with Crippen LogP contribution in [0.15, 0.2) is 46.9 Å². The lowest BCUT2D eigenvalue weighted by Gasteiger charge is -2.06. The standard InChI is InChI=1S/C15H9ClO3S/c16-9-3-1-8(2-4-9)12-7-14(20)15-11(18)5-10(17)6-13(15)19-12/h1-7,17-18H. The normalized spacial score (nSPS) is 10.8. The van der Waals surface area contributed by atoms with Gasteiger partial charge in [0.1, 0.15) is 22.8 Å². The highest BCUT2D eigenvalue weighted by atomic mass is 35.5. The molecular formula is C15H9ClO3S. The van der Waals surface area contributed by atoms with Crippen molar-refractivity contribution < 1.29 is 14.6 Å². The fraction of sp³-hybridized carbons (Fsp3) is 0. The molecule has 0 spiro atoms. The molecule has 0 aliphatic carbocycles. The number of phenolic OH excluding ortho intramolecular Hbond substituents is 2. The van der Waals surface area contributed by atoms with E-state index in [2.05, 4.69) is 0 Å². The number of rotatable bonds is 1. The van der Waals surface area contributed by atoms with Crippen LogP contribution < -0.4 is 0 Å². The SMILES string of the molecule is Oc1cc(O)c2c(=S)cc(-c3ccc(Cl)cc3)oc2c1. The van der Waals surface area contributed by atoms with Crippen LogP contribution in [0.1, 0.15) is 0 Å². The lowest BCUT2D eigenvalue weighted by atomic mass is 10.1. The van der Waals surface area contributed by atoms with E-state index in [1.807, 2.05) is 12.1 Å². The molecule has 20 heavy (non-hydrogen) atoms. The highest BCUT2D eigenvalue weighted by Crippen LogP contribution is 2.34. The van der Waals surface area contributed by atoms with Crippen LogP contribution in [0.3, 0.4) is 0 Å². The number of hydrogen-bond acceptors (Lipinski definition) is 4. The summed E-state index contributed by atoms with van der Waals surface area (Å²) in [5.74, 6) is 0.363. The number of fused-ring (bicyclic) bond motifs is 1. The van der Waals surface area contributed by atoms with Crippen LogP contribution in [0.5, 0.6) is 11.5 Å². The maximum absolute atomic E-state index is 9.83. The van der Waals surface area contributed by atoms with Gasteiger partial charge in [-0.1, -0.05) is 23.8 Å². The van der Waals surface area contributed by atoms with E-state index >= 15 is 0 Å². The summed E-state index contributed by atoms with van der Waals surface area (Å²) in [5, 5.41) is 20.4. The summed E-state index contributed by atoms with van der Waals surface area (Å²) in [6.45, 7) is 0. The van der Waals surface area contributed by atoms with Gasteiger partial charge in [0.2, 0.25) is 0 Å². The van der Waals surface area contributed by atoms with Crippen LogP contribution in [0.25, 0.3) is 22.3 Å². The second-order valence-electron chi connectivity index (χ2n) is 4.32. The van der Waals surface area contributed by atoms with E-state index in [0.29, 0.717) is 26.3 Å². The third kappa shape index (κ3) is 2.24. The van der Waals surface area contributed by atoms with Crippen molar-refractivity contribution in [2.75, 3.05) is 0 Å². The average molecular weight is 305 g/mol. The zero-order chi connectivity index (χ0) is 14.3. The van der Waals surface area contributed by atoms with E-state index in [9.17, 15) is 10.2 Å². The van der Waals surface area contributed by atoms with E-state index in [-0.39, 0.29) is 11.5 Å². The van der Waals surface area contributed by atoms with E-state index in [1.165, 1.54) is 12.1 Å². The summed E-state index contributed by atoms with van der Waals surface area (Å²) in [6.07, 6.45) is 0. The molecule has 0 saturated heterocycles. The lowest BCUT2D eigenvalue weighted by molar-refractivity contribution is 0.452. The van der Waals surface area contributed by atoms with Gasteiger partial charge in [-0.15, -0.1) is 0 Å². The molecule has 0 atom stereocenters. The number of hydrogen-bond donors (Lipinski definition) is 2. The quantitative estimate of drug-likeness (QED) is 0.628. The summed E-state index contributed by atoms with van der Waals surface area (Å²) in [5.41, 5.74) is 1.14. The highest BCUT2D eigenvalue weighted by molar-refractivity contribution is 7.71.